The molecule has 2 nitrogen and oxygen atoms in total. The third kappa shape index (κ3) is 3.11. The van der Waals surface area contributed by atoms with Gasteiger partial charge in [-0.15, -0.1) is 0 Å². The molecule has 0 radical (unpaired) electrons. The van der Waals surface area contributed by atoms with Crippen LogP contribution in [0.1, 0.15) is 56.7 Å². The van der Waals surface area contributed by atoms with E-state index in [9.17, 15) is 8.78 Å². The van der Waals surface area contributed by atoms with Gasteiger partial charge in [-0.05, 0) is 44.9 Å². The third-order valence-electron chi connectivity index (χ3n) is 4.42. The number of hydrogen-bond acceptors (Lipinski definition) is 2. The van der Waals surface area contributed by atoms with E-state index in [-0.39, 0.29) is 5.56 Å². The minimum atomic E-state index is -0.500. The Morgan fingerprint density at radius 2 is 1.90 bits per heavy atom. The summed E-state index contributed by atoms with van der Waals surface area (Å²) >= 11 is 0. The molecule has 118 valence electrons. The first-order chi connectivity index (χ1) is 10.1. The Morgan fingerprint density at radius 3 is 2.48 bits per heavy atom. The van der Waals surface area contributed by atoms with Gasteiger partial charge < -0.3 is 10.1 Å². The van der Waals surface area contributed by atoms with E-state index in [1.807, 2.05) is 13.8 Å². The Balaban J connectivity index is 2.50. The Kier molecular flexibility index (Phi) is 5.33. The van der Waals surface area contributed by atoms with E-state index < -0.39 is 23.3 Å². The maximum Gasteiger partial charge on any atom is 0.133 e. The Bertz CT molecular complexity index is 484. The van der Waals surface area contributed by atoms with Gasteiger partial charge in [0, 0.05) is 12.2 Å². The standard InChI is InChI=1S/C17H25F2NO/c1-4-20-16(17(21-5-2)10-6-7-11-17)14-13(18)9-8-12(3)15(14)19/h8-9,16,20H,4-7,10-11H2,1-3H3. The van der Waals surface area contributed by atoms with E-state index in [1.165, 1.54) is 12.1 Å². The van der Waals surface area contributed by atoms with Gasteiger partial charge in [-0.3, -0.25) is 0 Å². The number of rotatable bonds is 6. The van der Waals surface area contributed by atoms with Gasteiger partial charge in [0.25, 0.3) is 0 Å². The van der Waals surface area contributed by atoms with Crippen molar-refractivity contribution in [1.29, 1.82) is 0 Å². The van der Waals surface area contributed by atoms with Crippen LogP contribution in [0.25, 0.3) is 0 Å². The lowest BCUT2D eigenvalue weighted by Gasteiger charge is -2.38. The number of aryl methyl sites for hydroxylation is 1. The normalized spacial score (nSPS) is 18.9. The molecule has 1 saturated carbocycles. The molecule has 1 atom stereocenters. The van der Waals surface area contributed by atoms with Gasteiger partial charge in [0.15, 0.2) is 0 Å². The lowest BCUT2D eigenvalue weighted by molar-refractivity contribution is -0.0638. The number of hydrogen-bond donors (Lipinski definition) is 1. The Hall–Kier alpha value is -1.00. The summed E-state index contributed by atoms with van der Waals surface area (Å²) in [4.78, 5) is 0. The first-order valence-electron chi connectivity index (χ1n) is 7.87. The molecule has 4 heteroatoms. The van der Waals surface area contributed by atoms with Crippen LogP contribution in [0.2, 0.25) is 0 Å². The molecule has 1 unspecified atom stereocenters. The van der Waals surface area contributed by atoms with E-state index in [0.717, 1.165) is 25.7 Å². The predicted octanol–water partition coefficient (Wildman–Crippen LogP) is 4.27. The van der Waals surface area contributed by atoms with Crippen LogP contribution in [-0.2, 0) is 4.74 Å². The summed E-state index contributed by atoms with van der Waals surface area (Å²) in [7, 11) is 0. The minimum absolute atomic E-state index is 0.132. The highest BCUT2D eigenvalue weighted by Crippen LogP contribution is 2.44. The van der Waals surface area contributed by atoms with Crippen LogP contribution in [0.5, 0.6) is 0 Å². The monoisotopic (exact) mass is 297 g/mol. The van der Waals surface area contributed by atoms with E-state index in [2.05, 4.69) is 5.32 Å². The van der Waals surface area contributed by atoms with Gasteiger partial charge in [0.05, 0.1) is 11.6 Å². The highest BCUT2D eigenvalue weighted by Gasteiger charge is 2.44. The van der Waals surface area contributed by atoms with Crippen molar-refractivity contribution in [3.8, 4) is 0 Å². The molecule has 0 saturated heterocycles. The van der Waals surface area contributed by atoms with Crippen molar-refractivity contribution >= 4 is 0 Å². The zero-order chi connectivity index (χ0) is 15.5. The number of halogens is 2. The molecule has 1 fully saturated rings. The Morgan fingerprint density at radius 1 is 1.24 bits per heavy atom. The van der Waals surface area contributed by atoms with Gasteiger partial charge in [-0.1, -0.05) is 25.8 Å². The van der Waals surface area contributed by atoms with Gasteiger partial charge in [-0.25, -0.2) is 8.78 Å². The summed E-state index contributed by atoms with van der Waals surface area (Å²) in [6.45, 7) is 6.76. The average Bonchev–Trinajstić information content (AvgIpc) is 2.92. The smallest absolute Gasteiger partial charge is 0.133 e. The summed E-state index contributed by atoms with van der Waals surface area (Å²) in [5.74, 6) is -0.943. The number of ether oxygens (including phenoxy) is 1. The largest absolute Gasteiger partial charge is 0.373 e. The second kappa shape index (κ2) is 6.84. The lowest BCUT2D eigenvalue weighted by Crippen LogP contribution is -2.45. The molecule has 0 heterocycles. The first-order valence-corrected chi connectivity index (χ1v) is 7.87. The zero-order valence-corrected chi connectivity index (χ0v) is 13.1. The maximum absolute atomic E-state index is 14.6. The van der Waals surface area contributed by atoms with Crippen LogP contribution in [0.4, 0.5) is 8.78 Å². The van der Waals surface area contributed by atoms with Gasteiger partial charge in [0.2, 0.25) is 0 Å². The average molecular weight is 297 g/mol. The molecule has 0 spiro atoms. The second-order valence-corrected chi connectivity index (χ2v) is 5.79. The molecule has 0 aliphatic heterocycles. The lowest BCUT2D eigenvalue weighted by atomic mass is 9.85. The van der Waals surface area contributed by atoms with Crippen molar-refractivity contribution < 1.29 is 13.5 Å². The minimum Gasteiger partial charge on any atom is -0.373 e. The molecule has 1 aromatic carbocycles. The predicted molar refractivity (Wildman–Crippen MR) is 80.3 cm³/mol. The number of nitrogens with one attached hydrogen (secondary N) is 1. The molecule has 0 aromatic heterocycles. The summed E-state index contributed by atoms with van der Waals surface area (Å²) in [5, 5.41) is 3.27. The number of likely N-dealkylation sites (N-methyl/N-ethyl adjacent to an activating group) is 1. The second-order valence-electron chi connectivity index (χ2n) is 5.79. The van der Waals surface area contributed by atoms with Crippen molar-refractivity contribution in [3.05, 3.63) is 34.9 Å². The topological polar surface area (TPSA) is 21.3 Å². The van der Waals surface area contributed by atoms with E-state index >= 15 is 0 Å². The van der Waals surface area contributed by atoms with Gasteiger partial charge >= 0.3 is 0 Å². The van der Waals surface area contributed by atoms with Crippen molar-refractivity contribution in [2.75, 3.05) is 13.2 Å². The third-order valence-corrected chi connectivity index (χ3v) is 4.42. The van der Waals surface area contributed by atoms with Crippen LogP contribution < -0.4 is 5.32 Å². The zero-order valence-electron chi connectivity index (χ0n) is 13.1. The van der Waals surface area contributed by atoms with Gasteiger partial charge in [0.1, 0.15) is 11.6 Å². The molecular formula is C17H25F2NO. The quantitative estimate of drug-likeness (QED) is 0.846. The SMILES string of the molecule is CCNC(c1c(F)ccc(C)c1F)C1(OCC)CCCC1. The highest BCUT2D eigenvalue weighted by molar-refractivity contribution is 5.31. The molecule has 0 amide bonds. The summed E-state index contributed by atoms with van der Waals surface area (Å²) in [6.07, 6.45) is 3.75. The molecule has 0 bridgehead atoms. The van der Waals surface area contributed by atoms with Crippen molar-refractivity contribution in [3.63, 3.8) is 0 Å². The molecule has 1 aliphatic rings. The highest BCUT2D eigenvalue weighted by atomic mass is 19.1. The van der Waals surface area contributed by atoms with Crippen molar-refractivity contribution in [1.82, 2.24) is 5.32 Å². The number of benzene rings is 1. The van der Waals surface area contributed by atoms with Crippen molar-refractivity contribution in [2.24, 2.45) is 0 Å². The Labute approximate surface area is 125 Å². The molecule has 1 N–H and O–H groups in total. The van der Waals surface area contributed by atoms with Crippen molar-refractivity contribution in [2.45, 2.75) is 58.1 Å². The van der Waals surface area contributed by atoms with Crippen LogP contribution in [0.15, 0.2) is 12.1 Å². The van der Waals surface area contributed by atoms with Gasteiger partial charge in [-0.2, -0.15) is 0 Å². The van der Waals surface area contributed by atoms with Crippen LogP contribution >= 0.6 is 0 Å². The fraction of sp³-hybridized carbons (Fsp3) is 0.647. The molecule has 1 aromatic rings. The van der Waals surface area contributed by atoms with E-state index in [4.69, 9.17) is 4.74 Å². The molecule has 2 rings (SSSR count). The summed E-state index contributed by atoms with van der Waals surface area (Å²) in [5.41, 5.74) is 0.103. The summed E-state index contributed by atoms with van der Waals surface area (Å²) < 4.78 is 34.9. The summed E-state index contributed by atoms with van der Waals surface area (Å²) in [6, 6.07) is 2.40. The fourth-order valence-electron chi connectivity index (χ4n) is 3.48. The molecular weight excluding hydrogens is 272 g/mol. The van der Waals surface area contributed by atoms with E-state index in [0.29, 0.717) is 18.7 Å². The fourth-order valence-corrected chi connectivity index (χ4v) is 3.48. The first kappa shape index (κ1) is 16.4. The van der Waals surface area contributed by atoms with Crippen LogP contribution in [0, 0.1) is 18.6 Å². The van der Waals surface area contributed by atoms with Crippen LogP contribution in [0.3, 0.4) is 0 Å². The van der Waals surface area contributed by atoms with Crippen LogP contribution in [-0.4, -0.2) is 18.8 Å². The van der Waals surface area contributed by atoms with E-state index in [1.54, 1.807) is 6.92 Å². The molecule has 1 aliphatic carbocycles. The molecule has 21 heavy (non-hydrogen) atoms. The maximum atomic E-state index is 14.6.